The van der Waals surface area contributed by atoms with Crippen molar-refractivity contribution < 1.29 is 28.6 Å². The molecule has 0 aliphatic carbocycles. The zero-order valence-electron chi connectivity index (χ0n) is 52.5. The molecule has 0 aromatic carbocycles. The number of hydrogen-bond acceptors (Lipinski definition) is 6. The topological polar surface area (TPSA) is 78.9 Å². The number of ether oxygens (including phenoxy) is 3. The molecule has 1 atom stereocenters. The Morgan fingerprint density at radius 2 is 0.429 bits per heavy atom. The molecule has 0 amide bonds. The van der Waals surface area contributed by atoms with Gasteiger partial charge < -0.3 is 14.2 Å². The van der Waals surface area contributed by atoms with E-state index >= 15 is 0 Å². The van der Waals surface area contributed by atoms with E-state index in [1.54, 1.807) is 0 Å². The van der Waals surface area contributed by atoms with Gasteiger partial charge in [-0.2, -0.15) is 0 Å². The van der Waals surface area contributed by atoms with E-state index in [-0.39, 0.29) is 31.1 Å². The van der Waals surface area contributed by atoms with Crippen LogP contribution in [0.2, 0.25) is 0 Å². The summed E-state index contributed by atoms with van der Waals surface area (Å²) in [6, 6.07) is 0. The zero-order valence-corrected chi connectivity index (χ0v) is 52.5. The Morgan fingerprint density at radius 3 is 0.649 bits per heavy atom. The maximum atomic E-state index is 13.0. The summed E-state index contributed by atoms with van der Waals surface area (Å²) in [5.74, 6) is -0.825. The third kappa shape index (κ3) is 64.9. The lowest BCUT2D eigenvalue weighted by molar-refractivity contribution is -0.167. The maximum Gasteiger partial charge on any atom is 0.306 e. The quantitative estimate of drug-likeness (QED) is 0.0261. The molecule has 0 spiro atoms. The van der Waals surface area contributed by atoms with E-state index < -0.39 is 6.10 Å². The lowest BCUT2D eigenvalue weighted by atomic mass is 10.0. The van der Waals surface area contributed by atoms with E-state index in [1.165, 1.54) is 308 Å². The lowest BCUT2D eigenvalue weighted by Gasteiger charge is -2.18. The Labute approximate surface area is 481 Å². The fraction of sp³-hybridized carbons (Fsp3) is 0.930. The highest BCUT2D eigenvalue weighted by molar-refractivity contribution is 5.71. The third-order valence-electron chi connectivity index (χ3n) is 16.3. The van der Waals surface area contributed by atoms with Crippen molar-refractivity contribution in [2.45, 2.75) is 412 Å². The normalized spacial score (nSPS) is 12.0. The highest BCUT2D eigenvalue weighted by Gasteiger charge is 2.19. The van der Waals surface area contributed by atoms with Crippen LogP contribution in [0.15, 0.2) is 12.2 Å². The number of carbonyl (C=O) groups is 3. The van der Waals surface area contributed by atoms with Crippen molar-refractivity contribution in [2.24, 2.45) is 0 Å². The zero-order chi connectivity index (χ0) is 55.7. The predicted octanol–water partition coefficient (Wildman–Crippen LogP) is 24.0. The van der Waals surface area contributed by atoms with E-state index in [4.69, 9.17) is 14.2 Å². The molecule has 0 aromatic heterocycles. The van der Waals surface area contributed by atoms with Crippen LogP contribution in [0.1, 0.15) is 406 Å². The highest BCUT2D eigenvalue weighted by Crippen LogP contribution is 2.19. The van der Waals surface area contributed by atoms with Crippen LogP contribution in [-0.2, 0) is 28.6 Å². The minimum absolute atomic E-state index is 0.0626. The number of hydrogen-bond donors (Lipinski definition) is 0. The lowest BCUT2D eigenvalue weighted by Crippen LogP contribution is -2.30. The smallest absolute Gasteiger partial charge is 0.306 e. The van der Waals surface area contributed by atoms with Crippen LogP contribution in [0, 0.1) is 0 Å². The van der Waals surface area contributed by atoms with E-state index in [2.05, 4.69) is 32.9 Å². The second-order valence-corrected chi connectivity index (χ2v) is 24.2. The molecule has 0 radical (unpaired) electrons. The minimum atomic E-state index is -0.766. The first kappa shape index (κ1) is 75.2. The Bertz CT molecular complexity index is 1200. The van der Waals surface area contributed by atoms with Crippen LogP contribution >= 0.6 is 0 Å². The first-order chi connectivity index (χ1) is 38.0. The van der Waals surface area contributed by atoms with Crippen molar-refractivity contribution in [3.8, 4) is 0 Å². The van der Waals surface area contributed by atoms with Gasteiger partial charge in [-0.05, 0) is 44.9 Å². The van der Waals surface area contributed by atoms with Crippen LogP contribution in [0.3, 0.4) is 0 Å². The van der Waals surface area contributed by atoms with Crippen LogP contribution in [-0.4, -0.2) is 37.2 Å². The summed E-state index contributed by atoms with van der Waals surface area (Å²) < 4.78 is 17.0. The van der Waals surface area contributed by atoms with Crippen LogP contribution in [0.25, 0.3) is 0 Å². The fourth-order valence-electron chi connectivity index (χ4n) is 11.0. The molecule has 0 fully saturated rings. The van der Waals surface area contributed by atoms with Gasteiger partial charge in [0, 0.05) is 19.3 Å². The maximum absolute atomic E-state index is 13.0. The molecule has 0 aromatic rings. The standard InChI is InChI=1S/C71H136O6/c1-4-7-10-13-16-19-22-25-28-31-34-35-38-40-43-46-49-52-55-58-61-64-70(73)76-67-68(77-71(74)65-62-59-56-53-50-47-44-41-37-33-30-27-24-21-18-15-12-9-6-3)66-75-69(72)63-60-57-54-51-48-45-42-39-36-32-29-26-23-20-17-14-11-8-5-2/h25,28,68H,4-24,26-27,29-67H2,1-3H3/b28-25-/t68-/m0/s1. The molecule has 0 saturated heterocycles. The van der Waals surface area contributed by atoms with E-state index in [1.807, 2.05) is 0 Å². The number of rotatable bonds is 66. The number of carbonyl (C=O) groups excluding carboxylic acids is 3. The molecule has 456 valence electrons. The molecule has 0 unspecified atom stereocenters. The molecule has 6 nitrogen and oxygen atoms in total. The summed E-state index contributed by atoms with van der Waals surface area (Å²) >= 11 is 0. The Hall–Kier alpha value is -1.85. The largest absolute Gasteiger partial charge is 0.462 e. The van der Waals surface area contributed by atoms with Crippen molar-refractivity contribution in [1.29, 1.82) is 0 Å². The predicted molar refractivity (Wildman–Crippen MR) is 335 cm³/mol. The van der Waals surface area contributed by atoms with Crippen molar-refractivity contribution in [3.63, 3.8) is 0 Å². The van der Waals surface area contributed by atoms with Crippen LogP contribution < -0.4 is 0 Å². The molecule has 0 N–H and O–H groups in total. The van der Waals surface area contributed by atoms with Crippen molar-refractivity contribution >= 4 is 17.9 Å². The summed E-state index contributed by atoms with van der Waals surface area (Å²) in [7, 11) is 0. The summed E-state index contributed by atoms with van der Waals surface area (Å²) in [6.45, 7) is 6.73. The second-order valence-electron chi connectivity index (χ2n) is 24.2. The van der Waals surface area contributed by atoms with Crippen molar-refractivity contribution in [1.82, 2.24) is 0 Å². The first-order valence-electron chi connectivity index (χ1n) is 35.2. The Balaban J connectivity index is 4.28. The third-order valence-corrected chi connectivity index (χ3v) is 16.3. The van der Waals surface area contributed by atoms with Gasteiger partial charge in [0.1, 0.15) is 13.2 Å². The molecule has 0 aliphatic heterocycles. The molecule has 6 heteroatoms. The first-order valence-corrected chi connectivity index (χ1v) is 35.2. The van der Waals surface area contributed by atoms with Gasteiger partial charge in [-0.1, -0.05) is 354 Å². The van der Waals surface area contributed by atoms with E-state index in [0.717, 1.165) is 57.8 Å². The van der Waals surface area contributed by atoms with Gasteiger partial charge >= 0.3 is 17.9 Å². The average Bonchev–Trinajstić information content (AvgIpc) is 3.43. The second kappa shape index (κ2) is 66.7. The van der Waals surface area contributed by atoms with E-state index in [9.17, 15) is 14.4 Å². The fourth-order valence-corrected chi connectivity index (χ4v) is 11.0. The molecule has 77 heavy (non-hydrogen) atoms. The summed E-state index contributed by atoms with van der Waals surface area (Å²) in [5.41, 5.74) is 0. The van der Waals surface area contributed by atoms with Gasteiger partial charge in [-0.15, -0.1) is 0 Å². The van der Waals surface area contributed by atoms with Gasteiger partial charge in [0.05, 0.1) is 0 Å². The van der Waals surface area contributed by atoms with Crippen LogP contribution in [0.4, 0.5) is 0 Å². The summed E-state index contributed by atoms with van der Waals surface area (Å²) in [4.78, 5) is 38.5. The van der Waals surface area contributed by atoms with Crippen molar-refractivity contribution in [2.75, 3.05) is 13.2 Å². The molecule has 0 bridgehead atoms. The van der Waals surface area contributed by atoms with Crippen molar-refractivity contribution in [3.05, 3.63) is 12.2 Å². The number of unbranched alkanes of at least 4 members (excludes halogenated alkanes) is 53. The van der Waals surface area contributed by atoms with Gasteiger partial charge in [-0.3, -0.25) is 14.4 Å². The minimum Gasteiger partial charge on any atom is -0.462 e. The van der Waals surface area contributed by atoms with Gasteiger partial charge in [0.15, 0.2) is 6.10 Å². The van der Waals surface area contributed by atoms with Gasteiger partial charge in [0.2, 0.25) is 0 Å². The number of esters is 3. The molecule has 0 saturated carbocycles. The number of allylic oxidation sites excluding steroid dienone is 2. The summed E-state index contributed by atoms with van der Waals surface area (Å²) in [5, 5.41) is 0. The highest BCUT2D eigenvalue weighted by atomic mass is 16.6. The molecular weight excluding hydrogens is 949 g/mol. The van der Waals surface area contributed by atoms with Gasteiger partial charge in [-0.25, -0.2) is 0 Å². The summed E-state index contributed by atoms with van der Waals surface area (Å²) in [6.07, 6.45) is 79.4. The molecular formula is C71H136O6. The SMILES string of the molecule is CCCCCCCC/C=C\CCCCCCCCCCCCCC(=O)OC[C@H](COC(=O)CCCCCCCCCCCCCCCCCCCCC)OC(=O)CCCCCCCCCCCCCCCCCCCCC. The molecule has 0 heterocycles. The Kier molecular flexibility index (Phi) is 65.1. The average molecular weight is 1090 g/mol. The molecule has 0 rings (SSSR count). The van der Waals surface area contributed by atoms with E-state index in [0.29, 0.717) is 19.3 Å². The Morgan fingerprint density at radius 1 is 0.247 bits per heavy atom. The van der Waals surface area contributed by atoms with Crippen LogP contribution in [0.5, 0.6) is 0 Å². The molecule has 0 aliphatic rings. The van der Waals surface area contributed by atoms with Gasteiger partial charge in [0.25, 0.3) is 0 Å². The monoisotopic (exact) mass is 1090 g/mol.